The molecule has 0 aliphatic carbocycles. The van der Waals surface area contributed by atoms with Crippen LogP contribution >= 0.6 is 0 Å². The summed E-state index contributed by atoms with van der Waals surface area (Å²) in [6.07, 6.45) is 0.536. The number of nitrogens with one attached hydrogen (secondary N) is 1. The molecule has 2 atom stereocenters. The van der Waals surface area contributed by atoms with Gasteiger partial charge in [-0.2, -0.15) is 5.01 Å². The molecular weight excluding hydrogens is 518 g/mol. The van der Waals surface area contributed by atoms with Gasteiger partial charge in [0.25, 0.3) is 0 Å². The van der Waals surface area contributed by atoms with Crippen LogP contribution in [-0.4, -0.2) is 74.6 Å². The van der Waals surface area contributed by atoms with E-state index in [4.69, 9.17) is 0 Å². The van der Waals surface area contributed by atoms with E-state index < -0.39 is 12.2 Å². The van der Waals surface area contributed by atoms with Crippen LogP contribution in [0.5, 0.6) is 5.75 Å². The number of amides is 4. The molecule has 0 aromatic heterocycles. The van der Waals surface area contributed by atoms with Gasteiger partial charge in [0.15, 0.2) is 0 Å². The third kappa shape index (κ3) is 6.36. The molecule has 0 bridgehead atoms. The summed E-state index contributed by atoms with van der Waals surface area (Å²) in [4.78, 5) is 44.4. The van der Waals surface area contributed by atoms with Gasteiger partial charge in [0.2, 0.25) is 11.8 Å². The first-order valence-corrected chi connectivity index (χ1v) is 14.1. The number of carbonyl (C=O) groups excluding carboxylic acids is 3. The summed E-state index contributed by atoms with van der Waals surface area (Å²) in [5.41, 5.74) is 3.97. The molecule has 5 rings (SSSR count). The van der Waals surface area contributed by atoms with Gasteiger partial charge in [0.1, 0.15) is 18.0 Å². The van der Waals surface area contributed by atoms with Crippen LogP contribution in [0.3, 0.4) is 0 Å². The standard InChI is InChI=1S/C32H37N5O4/c1-3-17-35(32(41)33-19-25-7-5-4-6-8-25)36-22-30(39)37-28(18-24-13-15-27(38)16-14-24)31(40)34(21-29(36)37)20-26-11-9-23(2)10-12-26/h4-16,28-29,38H,3,17-22H2,1-2H3,(H,33,41)/t28-,29+/m0/s1. The van der Waals surface area contributed by atoms with Crippen molar-refractivity contribution < 1.29 is 19.5 Å². The third-order valence-corrected chi connectivity index (χ3v) is 7.69. The number of nitrogens with zero attached hydrogens (tertiary/aromatic N) is 4. The summed E-state index contributed by atoms with van der Waals surface area (Å²) in [7, 11) is 0. The molecule has 2 N–H and O–H groups in total. The van der Waals surface area contributed by atoms with E-state index in [2.05, 4.69) is 5.32 Å². The number of urea groups is 1. The Balaban J connectivity index is 1.42. The first-order valence-electron chi connectivity index (χ1n) is 14.1. The van der Waals surface area contributed by atoms with Crippen molar-refractivity contribution in [2.75, 3.05) is 19.6 Å². The van der Waals surface area contributed by atoms with Gasteiger partial charge in [-0.25, -0.2) is 4.79 Å². The molecule has 9 heteroatoms. The summed E-state index contributed by atoms with van der Waals surface area (Å²) in [5.74, 6) is -0.164. The number of aromatic hydroxyl groups is 1. The zero-order chi connectivity index (χ0) is 28.9. The lowest BCUT2D eigenvalue weighted by Crippen LogP contribution is -2.66. The highest BCUT2D eigenvalue weighted by Crippen LogP contribution is 2.30. The van der Waals surface area contributed by atoms with E-state index in [1.165, 1.54) is 0 Å². The Kier molecular flexibility index (Phi) is 8.54. The number of piperazine rings is 1. The normalized spacial score (nSPS) is 18.9. The van der Waals surface area contributed by atoms with Crippen LogP contribution in [0.15, 0.2) is 78.9 Å². The predicted molar refractivity (Wildman–Crippen MR) is 155 cm³/mol. The number of aryl methyl sites for hydroxylation is 1. The second-order valence-electron chi connectivity index (χ2n) is 10.7. The Morgan fingerprint density at radius 2 is 1.63 bits per heavy atom. The Hall–Kier alpha value is -4.37. The minimum absolute atomic E-state index is 0.0150. The maximum absolute atomic E-state index is 13.9. The molecule has 0 spiro atoms. The minimum atomic E-state index is -0.725. The molecular formula is C32H37N5O4. The number of carbonyl (C=O) groups is 3. The summed E-state index contributed by atoms with van der Waals surface area (Å²) in [6.45, 7) is 5.54. The van der Waals surface area contributed by atoms with Gasteiger partial charge in [-0.15, -0.1) is 0 Å². The first kappa shape index (κ1) is 28.2. The van der Waals surface area contributed by atoms with Crippen LogP contribution in [0.4, 0.5) is 4.79 Å². The van der Waals surface area contributed by atoms with Crippen LogP contribution in [0.2, 0.25) is 0 Å². The molecule has 41 heavy (non-hydrogen) atoms. The largest absolute Gasteiger partial charge is 0.508 e. The molecule has 9 nitrogen and oxygen atoms in total. The van der Waals surface area contributed by atoms with Crippen LogP contribution in [0.25, 0.3) is 0 Å². The Bertz CT molecular complexity index is 1360. The van der Waals surface area contributed by atoms with Crippen molar-refractivity contribution in [3.05, 3.63) is 101 Å². The third-order valence-electron chi connectivity index (χ3n) is 7.69. The maximum atomic E-state index is 13.9. The van der Waals surface area contributed by atoms with Gasteiger partial charge < -0.3 is 20.2 Å². The summed E-state index contributed by atoms with van der Waals surface area (Å²) in [6, 6.07) is 23.5. The number of rotatable bonds is 9. The van der Waals surface area contributed by atoms with Crippen LogP contribution in [-0.2, 0) is 29.1 Å². The fourth-order valence-corrected chi connectivity index (χ4v) is 5.58. The van der Waals surface area contributed by atoms with Gasteiger partial charge in [0, 0.05) is 26.1 Å². The molecule has 2 heterocycles. The van der Waals surface area contributed by atoms with E-state index >= 15 is 0 Å². The van der Waals surface area contributed by atoms with E-state index in [0.717, 1.165) is 22.3 Å². The van der Waals surface area contributed by atoms with Gasteiger partial charge in [-0.05, 0) is 42.2 Å². The van der Waals surface area contributed by atoms with Crippen molar-refractivity contribution in [3.63, 3.8) is 0 Å². The zero-order valence-corrected chi connectivity index (χ0v) is 23.6. The van der Waals surface area contributed by atoms with Crippen LogP contribution in [0, 0.1) is 6.92 Å². The van der Waals surface area contributed by atoms with Crippen molar-refractivity contribution in [1.29, 1.82) is 0 Å². The SMILES string of the molecule is CCCN(C(=O)NCc1ccccc1)N1CC(=O)N2[C@@H](Cc3ccc(O)cc3)C(=O)N(Cc3ccc(C)cc3)C[C@@H]21. The predicted octanol–water partition coefficient (Wildman–Crippen LogP) is 3.66. The number of hydrogen-bond acceptors (Lipinski definition) is 5. The average molecular weight is 556 g/mol. The lowest BCUT2D eigenvalue weighted by molar-refractivity contribution is -0.157. The quantitative estimate of drug-likeness (QED) is 0.420. The number of phenolic OH excluding ortho intramolecular Hbond substituents is 1. The lowest BCUT2D eigenvalue weighted by atomic mass is 9.99. The van der Waals surface area contributed by atoms with E-state index in [9.17, 15) is 19.5 Å². The fourth-order valence-electron chi connectivity index (χ4n) is 5.58. The average Bonchev–Trinajstić information content (AvgIpc) is 3.30. The Morgan fingerprint density at radius 1 is 0.951 bits per heavy atom. The smallest absolute Gasteiger partial charge is 0.332 e. The van der Waals surface area contributed by atoms with Gasteiger partial charge >= 0.3 is 6.03 Å². The molecule has 3 aromatic rings. The summed E-state index contributed by atoms with van der Waals surface area (Å²) in [5, 5.41) is 16.2. The molecule has 4 amide bonds. The number of fused-ring (bicyclic) bond motifs is 1. The van der Waals surface area contributed by atoms with E-state index in [-0.39, 0.29) is 36.7 Å². The molecule has 214 valence electrons. The topological polar surface area (TPSA) is 96.4 Å². The lowest BCUT2D eigenvalue weighted by Gasteiger charge is -2.46. The van der Waals surface area contributed by atoms with E-state index in [1.807, 2.05) is 73.5 Å². The Morgan fingerprint density at radius 3 is 2.32 bits per heavy atom. The molecule has 0 radical (unpaired) electrons. The second kappa shape index (κ2) is 12.4. The highest BCUT2D eigenvalue weighted by atomic mass is 16.3. The number of phenols is 1. The summed E-state index contributed by atoms with van der Waals surface area (Å²) >= 11 is 0. The molecule has 2 aliphatic heterocycles. The van der Waals surface area contributed by atoms with Crippen molar-refractivity contribution in [2.45, 2.75) is 52.0 Å². The van der Waals surface area contributed by atoms with Gasteiger partial charge in [-0.3, -0.25) is 14.6 Å². The van der Waals surface area contributed by atoms with Crippen LogP contribution in [0.1, 0.15) is 35.6 Å². The molecule has 3 aromatic carbocycles. The van der Waals surface area contributed by atoms with Crippen molar-refractivity contribution in [1.82, 2.24) is 25.1 Å². The van der Waals surface area contributed by atoms with Gasteiger partial charge in [-0.1, -0.05) is 79.2 Å². The fraction of sp³-hybridized carbons (Fsp3) is 0.344. The zero-order valence-electron chi connectivity index (χ0n) is 23.6. The molecule has 2 aliphatic rings. The van der Waals surface area contributed by atoms with Gasteiger partial charge in [0.05, 0.1) is 13.1 Å². The minimum Gasteiger partial charge on any atom is -0.508 e. The van der Waals surface area contributed by atoms with E-state index in [0.29, 0.717) is 32.5 Å². The van der Waals surface area contributed by atoms with E-state index in [1.54, 1.807) is 39.1 Å². The molecule has 2 fully saturated rings. The second-order valence-corrected chi connectivity index (χ2v) is 10.7. The highest BCUT2D eigenvalue weighted by Gasteiger charge is 2.52. The highest BCUT2D eigenvalue weighted by molar-refractivity contribution is 5.91. The first-order chi connectivity index (χ1) is 19.8. The van der Waals surface area contributed by atoms with Crippen molar-refractivity contribution in [2.24, 2.45) is 0 Å². The number of hydrazine groups is 1. The monoisotopic (exact) mass is 555 g/mol. The Labute approximate surface area is 240 Å². The van der Waals surface area contributed by atoms with Crippen molar-refractivity contribution in [3.8, 4) is 5.75 Å². The van der Waals surface area contributed by atoms with Crippen molar-refractivity contribution >= 4 is 17.8 Å². The summed E-state index contributed by atoms with van der Waals surface area (Å²) < 4.78 is 0. The molecule has 0 saturated carbocycles. The number of hydrogen-bond donors (Lipinski definition) is 2. The number of benzene rings is 3. The maximum Gasteiger partial charge on any atom is 0.332 e. The van der Waals surface area contributed by atoms with Crippen LogP contribution < -0.4 is 5.32 Å². The molecule has 0 unspecified atom stereocenters. The molecule has 2 saturated heterocycles.